The van der Waals surface area contributed by atoms with E-state index in [4.69, 9.17) is 13.9 Å². The highest BCUT2D eigenvalue weighted by atomic mass is 16.5. The molecule has 0 saturated heterocycles. The molecule has 1 aliphatic rings. The molecular formula is C19H25NO5. The van der Waals surface area contributed by atoms with E-state index in [0.29, 0.717) is 28.3 Å². The molecule has 136 valence electrons. The highest BCUT2D eigenvalue weighted by Gasteiger charge is 2.40. The number of allylic oxidation sites excluding steroid dienone is 2. The Kier molecular flexibility index (Phi) is 5.72. The molecule has 2 heterocycles. The van der Waals surface area contributed by atoms with Gasteiger partial charge in [-0.05, 0) is 53.7 Å². The van der Waals surface area contributed by atoms with Crippen LogP contribution in [0.15, 0.2) is 45.4 Å². The maximum absolute atomic E-state index is 12.7. The van der Waals surface area contributed by atoms with Gasteiger partial charge in [0, 0.05) is 11.4 Å². The van der Waals surface area contributed by atoms with Gasteiger partial charge in [-0.1, -0.05) is 0 Å². The van der Waals surface area contributed by atoms with Gasteiger partial charge in [0.15, 0.2) is 0 Å². The third-order valence-electron chi connectivity index (χ3n) is 3.71. The van der Waals surface area contributed by atoms with Gasteiger partial charge in [-0.3, -0.25) is 0 Å². The molecular weight excluding hydrogens is 322 g/mol. The predicted octanol–water partition coefficient (Wildman–Crippen LogP) is 3.42. The summed E-state index contributed by atoms with van der Waals surface area (Å²) in [7, 11) is 0. The highest BCUT2D eigenvalue weighted by Crippen LogP contribution is 2.39. The molecule has 0 saturated carbocycles. The summed E-state index contributed by atoms with van der Waals surface area (Å²) in [5.74, 6) is -1.15. The summed E-state index contributed by atoms with van der Waals surface area (Å²) in [6.07, 6.45) is 0.963. The van der Waals surface area contributed by atoms with Crippen LogP contribution in [-0.2, 0) is 19.1 Å². The van der Waals surface area contributed by atoms with E-state index in [1.807, 2.05) is 0 Å². The molecule has 0 atom stereocenters. The Hall–Kier alpha value is -2.50. The number of hydrogen-bond donors (Lipinski definition) is 1. The lowest BCUT2D eigenvalue weighted by Crippen LogP contribution is -2.33. The first-order valence-electron chi connectivity index (χ1n) is 8.36. The van der Waals surface area contributed by atoms with Crippen molar-refractivity contribution in [3.8, 4) is 0 Å². The van der Waals surface area contributed by atoms with E-state index >= 15 is 0 Å². The molecule has 0 amide bonds. The molecule has 1 N–H and O–H groups in total. The average molecular weight is 347 g/mol. The van der Waals surface area contributed by atoms with Gasteiger partial charge in [-0.15, -0.1) is 0 Å². The normalized spacial score (nSPS) is 15.7. The first-order chi connectivity index (χ1) is 11.7. The van der Waals surface area contributed by atoms with Gasteiger partial charge in [0.25, 0.3) is 0 Å². The fraction of sp³-hybridized carbons (Fsp3) is 0.474. The Morgan fingerprint density at radius 3 is 1.84 bits per heavy atom. The Labute approximate surface area is 147 Å². The molecule has 6 heteroatoms. The zero-order chi connectivity index (χ0) is 18.7. The number of ether oxygens (including phenoxy) is 2. The molecule has 6 nitrogen and oxygen atoms in total. The minimum absolute atomic E-state index is 0.275. The van der Waals surface area contributed by atoms with Crippen LogP contribution < -0.4 is 5.32 Å². The lowest BCUT2D eigenvalue weighted by molar-refractivity contribution is -0.143. The zero-order valence-electron chi connectivity index (χ0n) is 15.5. The Balaban J connectivity index is 2.53. The second-order valence-electron chi connectivity index (χ2n) is 6.56. The number of nitrogens with one attached hydrogen (secondary N) is 1. The van der Waals surface area contributed by atoms with Crippen LogP contribution in [0.25, 0.3) is 0 Å². The second kappa shape index (κ2) is 7.59. The van der Waals surface area contributed by atoms with Crippen LogP contribution in [0, 0.1) is 0 Å². The van der Waals surface area contributed by atoms with Gasteiger partial charge in [0.2, 0.25) is 0 Å². The van der Waals surface area contributed by atoms with Crippen molar-refractivity contribution in [1.82, 2.24) is 5.32 Å². The van der Waals surface area contributed by atoms with Crippen LogP contribution in [0.1, 0.15) is 53.2 Å². The highest BCUT2D eigenvalue weighted by molar-refractivity contribution is 5.99. The van der Waals surface area contributed by atoms with Gasteiger partial charge < -0.3 is 19.2 Å². The van der Waals surface area contributed by atoms with E-state index < -0.39 is 17.9 Å². The first-order valence-corrected chi connectivity index (χ1v) is 8.36. The summed E-state index contributed by atoms with van der Waals surface area (Å²) in [4.78, 5) is 25.4. The van der Waals surface area contributed by atoms with Crippen molar-refractivity contribution in [2.45, 2.75) is 59.7 Å². The monoisotopic (exact) mass is 347 g/mol. The Morgan fingerprint density at radius 2 is 1.48 bits per heavy atom. The molecule has 0 aromatic carbocycles. The fourth-order valence-electron chi connectivity index (χ4n) is 2.83. The molecule has 0 spiro atoms. The molecule has 0 fully saturated rings. The van der Waals surface area contributed by atoms with Gasteiger partial charge in [-0.2, -0.15) is 0 Å². The zero-order valence-corrected chi connectivity index (χ0v) is 15.5. The van der Waals surface area contributed by atoms with Crippen molar-refractivity contribution < 1.29 is 23.5 Å². The van der Waals surface area contributed by atoms with E-state index in [-0.39, 0.29) is 12.2 Å². The number of hydrogen-bond acceptors (Lipinski definition) is 6. The van der Waals surface area contributed by atoms with Crippen LogP contribution in [0.2, 0.25) is 0 Å². The largest absolute Gasteiger partial charge is 0.468 e. The number of carbonyl (C=O) groups is 2. The SMILES string of the molecule is CC1=C(C(=O)OC(C)C)C(c2ccco2)C(C(=O)OC(C)C)=C(C)N1. The van der Waals surface area contributed by atoms with Crippen molar-refractivity contribution in [1.29, 1.82) is 0 Å². The van der Waals surface area contributed by atoms with Crippen molar-refractivity contribution in [3.63, 3.8) is 0 Å². The summed E-state index contributed by atoms with van der Waals surface area (Å²) in [6.45, 7) is 10.7. The van der Waals surface area contributed by atoms with Crippen LogP contribution in [0.4, 0.5) is 0 Å². The topological polar surface area (TPSA) is 77.8 Å². The van der Waals surface area contributed by atoms with Crippen LogP contribution in [0.3, 0.4) is 0 Å². The maximum atomic E-state index is 12.7. The molecule has 2 rings (SSSR count). The van der Waals surface area contributed by atoms with Gasteiger partial charge in [-0.25, -0.2) is 9.59 Å². The first kappa shape index (κ1) is 18.8. The Bertz CT molecular complexity index is 666. The maximum Gasteiger partial charge on any atom is 0.337 e. The summed E-state index contributed by atoms with van der Waals surface area (Å²) >= 11 is 0. The average Bonchev–Trinajstić information content (AvgIpc) is 2.98. The third kappa shape index (κ3) is 4.13. The smallest absolute Gasteiger partial charge is 0.337 e. The van der Waals surface area contributed by atoms with Crippen LogP contribution >= 0.6 is 0 Å². The molecule has 0 bridgehead atoms. The molecule has 0 aliphatic carbocycles. The molecule has 0 radical (unpaired) electrons. The number of furan rings is 1. The standard InChI is InChI=1S/C19H25NO5/c1-10(2)24-18(21)15-12(5)20-13(6)16(19(22)25-11(3)4)17(15)14-8-7-9-23-14/h7-11,17,20H,1-6H3. The summed E-state index contributed by atoms with van der Waals surface area (Å²) in [5.41, 5.74) is 1.96. The number of rotatable bonds is 5. The van der Waals surface area contributed by atoms with E-state index in [1.54, 1.807) is 53.7 Å². The lowest BCUT2D eigenvalue weighted by atomic mass is 9.83. The number of esters is 2. The summed E-state index contributed by atoms with van der Waals surface area (Å²) in [5, 5.41) is 3.10. The quantitative estimate of drug-likeness (QED) is 0.823. The minimum Gasteiger partial charge on any atom is -0.468 e. The van der Waals surface area contributed by atoms with Crippen molar-refractivity contribution in [3.05, 3.63) is 46.7 Å². The van der Waals surface area contributed by atoms with E-state index in [0.717, 1.165) is 0 Å². The van der Waals surface area contributed by atoms with E-state index in [2.05, 4.69) is 5.32 Å². The predicted molar refractivity (Wildman–Crippen MR) is 92.4 cm³/mol. The van der Waals surface area contributed by atoms with Crippen LogP contribution in [0.5, 0.6) is 0 Å². The second-order valence-corrected chi connectivity index (χ2v) is 6.56. The fourth-order valence-corrected chi connectivity index (χ4v) is 2.83. The molecule has 1 aromatic rings. The van der Waals surface area contributed by atoms with E-state index in [1.165, 1.54) is 6.26 Å². The van der Waals surface area contributed by atoms with Gasteiger partial charge >= 0.3 is 11.9 Å². The molecule has 25 heavy (non-hydrogen) atoms. The van der Waals surface area contributed by atoms with Gasteiger partial charge in [0.1, 0.15) is 5.76 Å². The number of dihydropyridines is 1. The molecule has 0 unspecified atom stereocenters. The Morgan fingerprint density at radius 1 is 1.00 bits per heavy atom. The van der Waals surface area contributed by atoms with Crippen molar-refractivity contribution >= 4 is 11.9 Å². The number of carbonyl (C=O) groups excluding carboxylic acids is 2. The van der Waals surface area contributed by atoms with Crippen molar-refractivity contribution in [2.24, 2.45) is 0 Å². The molecule has 1 aliphatic heterocycles. The summed E-state index contributed by atoms with van der Waals surface area (Å²) in [6, 6.07) is 3.46. The third-order valence-corrected chi connectivity index (χ3v) is 3.71. The van der Waals surface area contributed by atoms with E-state index in [9.17, 15) is 9.59 Å². The minimum atomic E-state index is -0.672. The lowest BCUT2D eigenvalue weighted by Gasteiger charge is -2.29. The van der Waals surface area contributed by atoms with Crippen LogP contribution in [-0.4, -0.2) is 24.1 Å². The summed E-state index contributed by atoms with van der Waals surface area (Å²) < 4.78 is 16.3. The van der Waals surface area contributed by atoms with Gasteiger partial charge in [0.05, 0.1) is 35.5 Å². The molecule has 1 aromatic heterocycles. The van der Waals surface area contributed by atoms with Crippen molar-refractivity contribution in [2.75, 3.05) is 0 Å².